The molecule has 0 saturated heterocycles. The average molecular weight is 245 g/mol. The summed E-state index contributed by atoms with van der Waals surface area (Å²) in [6.45, 7) is 2.22. The van der Waals surface area contributed by atoms with Crippen LogP contribution >= 0.6 is 0 Å². The summed E-state index contributed by atoms with van der Waals surface area (Å²) in [5.74, 6) is 0.677. The van der Waals surface area contributed by atoms with Gasteiger partial charge in [-0.15, -0.1) is 0 Å². The van der Waals surface area contributed by atoms with Crippen LogP contribution in [-0.4, -0.2) is 11.7 Å². The number of para-hydroxylation sites is 1. The zero-order valence-corrected chi connectivity index (χ0v) is 10.6. The molecule has 0 unspecified atom stereocenters. The number of amides is 2. The van der Waals surface area contributed by atoms with Crippen LogP contribution in [0.25, 0.3) is 0 Å². The van der Waals surface area contributed by atoms with Gasteiger partial charge in [-0.2, -0.15) is 5.10 Å². The molecule has 96 valence electrons. The molecule has 1 aromatic carbocycles. The number of benzene rings is 1. The summed E-state index contributed by atoms with van der Waals surface area (Å²) in [7, 11) is 0. The monoisotopic (exact) mass is 245 g/mol. The minimum Gasteiger partial charge on any atom is -0.307 e. The Morgan fingerprint density at radius 2 is 2.11 bits per heavy atom. The summed E-state index contributed by atoms with van der Waals surface area (Å²) in [6.07, 6.45) is 4.42. The Bertz CT molecular complexity index is 428. The number of hydrazone groups is 1. The normalized spacial score (nSPS) is 21.6. The van der Waals surface area contributed by atoms with Gasteiger partial charge >= 0.3 is 6.03 Å². The first-order chi connectivity index (χ1) is 8.74. The summed E-state index contributed by atoms with van der Waals surface area (Å²) in [6, 6.07) is 9.07. The van der Waals surface area contributed by atoms with Crippen molar-refractivity contribution >= 4 is 17.4 Å². The van der Waals surface area contributed by atoms with Crippen LogP contribution in [0.15, 0.2) is 35.4 Å². The lowest BCUT2D eigenvalue weighted by molar-refractivity contribution is 0.252. The Morgan fingerprint density at radius 3 is 2.83 bits per heavy atom. The highest BCUT2D eigenvalue weighted by Gasteiger charge is 2.14. The Hall–Kier alpha value is -1.84. The van der Waals surface area contributed by atoms with Gasteiger partial charge in [0.15, 0.2) is 0 Å². The summed E-state index contributed by atoms with van der Waals surface area (Å²) < 4.78 is 0. The molecule has 1 aromatic rings. The van der Waals surface area contributed by atoms with Crippen LogP contribution in [0.4, 0.5) is 10.5 Å². The highest BCUT2D eigenvalue weighted by molar-refractivity contribution is 5.91. The summed E-state index contributed by atoms with van der Waals surface area (Å²) >= 11 is 0. The third-order valence-electron chi connectivity index (χ3n) is 3.09. The second-order valence-corrected chi connectivity index (χ2v) is 4.81. The largest absolute Gasteiger partial charge is 0.339 e. The molecule has 2 rings (SSSR count). The Kier molecular flexibility index (Phi) is 4.34. The van der Waals surface area contributed by atoms with Crippen LogP contribution in [0.1, 0.15) is 32.6 Å². The number of hydrogen-bond donors (Lipinski definition) is 2. The minimum atomic E-state index is -0.285. The molecule has 1 aliphatic rings. The molecule has 2 amide bonds. The van der Waals surface area contributed by atoms with Crippen LogP contribution in [0.2, 0.25) is 0 Å². The maximum atomic E-state index is 11.6. The predicted molar refractivity (Wildman–Crippen MR) is 73.7 cm³/mol. The van der Waals surface area contributed by atoms with Crippen molar-refractivity contribution < 1.29 is 4.79 Å². The van der Waals surface area contributed by atoms with Gasteiger partial charge in [0.05, 0.1) is 0 Å². The van der Waals surface area contributed by atoms with E-state index in [9.17, 15) is 4.79 Å². The van der Waals surface area contributed by atoms with Gasteiger partial charge in [0, 0.05) is 11.4 Å². The smallest absolute Gasteiger partial charge is 0.307 e. The third kappa shape index (κ3) is 3.87. The van der Waals surface area contributed by atoms with Crippen LogP contribution in [-0.2, 0) is 0 Å². The first-order valence-corrected chi connectivity index (χ1v) is 6.41. The van der Waals surface area contributed by atoms with Crippen molar-refractivity contribution in [1.29, 1.82) is 0 Å². The first kappa shape index (κ1) is 12.6. The maximum absolute atomic E-state index is 11.6. The number of hydrogen-bond acceptors (Lipinski definition) is 2. The second kappa shape index (κ2) is 6.19. The number of carbonyl (C=O) groups is 1. The van der Waals surface area contributed by atoms with Gasteiger partial charge in [-0.3, -0.25) is 0 Å². The molecule has 2 N–H and O–H groups in total. The first-order valence-electron chi connectivity index (χ1n) is 6.41. The van der Waals surface area contributed by atoms with E-state index >= 15 is 0 Å². The van der Waals surface area contributed by atoms with E-state index < -0.39 is 0 Å². The molecule has 0 heterocycles. The summed E-state index contributed by atoms with van der Waals surface area (Å²) in [5.41, 5.74) is 4.42. The fourth-order valence-electron chi connectivity index (χ4n) is 2.17. The van der Waals surface area contributed by atoms with Gasteiger partial charge in [-0.25, -0.2) is 10.2 Å². The van der Waals surface area contributed by atoms with E-state index in [1.54, 1.807) is 0 Å². The lowest BCUT2D eigenvalue weighted by Gasteiger charge is -2.18. The van der Waals surface area contributed by atoms with Gasteiger partial charge < -0.3 is 5.32 Å². The molecule has 0 bridgehead atoms. The molecule has 4 heteroatoms. The number of rotatable bonds is 2. The van der Waals surface area contributed by atoms with Crippen LogP contribution in [0, 0.1) is 5.92 Å². The van der Waals surface area contributed by atoms with Crippen molar-refractivity contribution in [3.8, 4) is 0 Å². The molecule has 1 aliphatic carbocycles. The number of carbonyl (C=O) groups excluding carboxylic acids is 1. The molecule has 1 saturated carbocycles. The number of nitrogens with one attached hydrogen (secondary N) is 2. The van der Waals surface area contributed by atoms with E-state index in [0.29, 0.717) is 5.92 Å². The maximum Gasteiger partial charge on any atom is 0.339 e. The van der Waals surface area contributed by atoms with Gasteiger partial charge in [0.1, 0.15) is 0 Å². The van der Waals surface area contributed by atoms with Crippen molar-refractivity contribution in [2.24, 2.45) is 11.0 Å². The van der Waals surface area contributed by atoms with Gasteiger partial charge in [0.25, 0.3) is 0 Å². The lowest BCUT2D eigenvalue weighted by atomic mass is 9.89. The van der Waals surface area contributed by atoms with Crippen LogP contribution < -0.4 is 10.7 Å². The van der Waals surface area contributed by atoms with E-state index in [2.05, 4.69) is 22.8 Å². The molecule has 0 aliphatic heterocycles. The molecule has 4 nitrogen and oxygen atoms in total. The second-order valence-electron chi connectivity index (χ2n) is 4.81. The van der Waals surface area contributed by atoms with E-state index in [0.717, 1.165) is 24.2 Å². The van der Waals surface area contributed by atoms with Crippen molar-refractivity contribution in [2.45, 2.75) is 32.6 Å². The van der Waals surface area contributed by atoms with Crippen LogP contribution in [0.5, 0.6) is 0 Å². The van der Waals surface area contributed by atoms with Gasteiger partial charge in [-0.1, -0.05) is 25.1 Å². The quantitative estimate of drug-likeness (QED) is 0.771. The molecule has 1 fully saturated rings. The van der Waals surface area contributed by atoms with Crippen LogP contribution in [0.3, 0.4) is 0 Å². The topological polar surface area (TPSA) is 53.5 Å². The molecular formula is C14H19N3O. The lowest BCUT2D eigenvalue weighted by Crippen LogP contribution is -2.26. The summed E-state index contributed by atoms with van der Waals surface area (Å²) in [4.78, 5) is 11.6. The van der Waals surface area contributed by atoms with Gasteiger partial charge in [-0.05, 0) is 43.7 Å². The van der Waals surface area contributed by atoms with Crippen molar-refractivity contribution in [2.75, 3.05) is 5.32 Å². The minimum absolute atomic E-state index is 0.285. The Balaban J connectivity index is 1.83. The van der Waals surface area contributed by atoms with E-state index in [-0.39, 0.29) is 6.03 Å². The molecular weight excluding hydrogens is 226 g/mol. The van der Waals surface area contributed by atoms with E-state index in [1.165, 1.54) is 12.8 Å². The number of anilines is 1. The fourth-order valence-corrected chi connectivity index (χ4v) is 2.17. The Morgan fingerprint density at radius 1 is 1.33 bits per heavy atom. The zero-order valence-electron chi connectivity index (χ0n) is 10.6. The fraction of sp³-hybridized carbons (Fsp3) is 0.429. The average Bonchev–Trinajstić information content (AvgIpc) is 2.38. The van der Waals surface area contributed by atoms with E-state index in [4.69, 9.17) is 0 Å². The summed E-state index contributed by atoms with van der Waals surface area (Å²) in [5, 5.41) is 6.92. The Labute approximate surface area is 107 Å². The molecule has 0 radical (unpaired) electrons. The van der Waals surface area contributed by atoms with Crippen molar-refractivity contribution in [3.05, 3.63) is 30.3 Å². The van der Waals surface area contributed by atoms with Gasteiger partial charge in [0.2, 0.25) is 0 Å². The SMILES string of the molecule is C[C@@H]1CCC/C(=N/NC(=O)Nc2ccccc2)C1. The van der Waals surface area contributed by atoms with Crippen molar-refractivity contribution in [1.82, 2.24) is 5.43 Å². The standard InChI is InChI=1S/C14H19N3O/c1-11-6-5-9-13(10-11)16-17-14(18)15-12-7-3-2-4-8-12/h2-4,7-8,11H,5-6,9-10H2,1H3,(H2,15,17,18)/b16-13-/t11-/m1/s1. The molecule has 0 spiro atoms. The van der Waals surface area contributed by atoms with Crippen molar-refractivity contribution in [3.63, 3.8) is 0 Å². The third-order valence-corrected chi connectivity index (χ3v) is 3.09. The highest BCUT2D eigenvalue weighted by Crippen LogP contribution is 2.20. The molecule has 18 heavy (non-hydrogen) atoms. The number of urea groups is 1. The predicted octanol–water partition coefficient (Wildman–Crippen LogP) is 3.37. The highest BCUT2D eigenvalue weighted by atomic mass is 16.2. The number of nitrogens with zero attached hydrogens (tertiary/aromatic N) is 1. The zero-order chi connectivity index (χ0) is 12.8. The van der Waals surface area contributed by atoms with E-state index in [1.807, 2.05) is 30.3 Å². The molecule has 1 atom stereocenters. The molecule has 0 aromatic heterocycles.